The van der Waals surface area contributed by atoms with Crippen LogP contribution >= 0.6 is 11.6 Å². The molecule has 106 valence electrons. The number of likely N-dealkylation sites (tertiary alicyclic amines) is 1. The number of rotatable bonds is 4. The largest absolute Gasteiger partial charge is 0.383 e. The van der Waals surface area contributed by atoms with Crippen LogP contribution in [0.15, 0.2) is 12.3 Å². The van der Waals surface area contributed by atoms with Gasteiger partial charge in [0.05, 0.1) is 11.1 Å². The normalized spacial score (nSPS) is 21.3. The molecule has 4 nitrogen and oxygen atoms in total. The summed E-state index contributed by atoms with van der Waals surface area (Å²) in [6.45, 7) is 6.59. The summed E-state index contributed by atoms with van der Waals surface area (Å²) < 4.78 is 0. The highest BCUT2D eigenvalue weighted by Gasteiger charge is 2.39. The maximum Gasteiger partial charge on any atom is 0.128 e. The van der Waals surface area contributed by atoms with E-state index in [2.05, 4.69) is 23.7 Å². The summed E-state index contributed by atoms with van der Waals surface area (Å²) in [5, 5.41) is 0.583. The molecule has 4 N–H and O–H groups in total. The monoisotopic (exact) mass is 282 g/mol. The fourth-order valence-electron chi connectivity index (χ4n) is 2.92. The third-order valence-corrected chi connectivity index (χ3v) is 4.67. The van der Waals surface area contributed by atoms with Crippen LogP contribution in [-0.2, 0) is 0 Å². The van der Waals surface area contributed by atoms with Crippen LogP contribution in [0.3, 0.4) is 0 Å². The van der Waals surface area contributed by atoms with Crippen LogP contribution in [0.4, 0.5) is 5.82 Å². The molecule has 19 heavy (non-hydrogen) atoms. The zero-order valence-corrected chi connectivity index (χ0v) is 12.5. The Labute approximate surface area is 120 Å². The maximum atomic E-state index is 6.51. The zero-order valence-electron chi connectivity index (χ0n) is 11.7. The van der Waals surface area contributed by atoms with E-state index in [-0.39, 0.29) is 11.6 Å². The lowest BCUT2D eigenvalue weighted by molar-refractivity contribution is 0.100. The molecule has 2 heterocycles. The first-order valence-corrected chi connectivity index (χ1v) is 7.28. The Balaban J connectivity index is 2.34. The van der Waals surface area contributed by atoms with Crippen LogP contribution in [0.1, 0.15) is 44.7 Å². The second kappa shape index (κ2) is 5.65. The van der Waals surface area contributed by atoms with Crippen molar-refractivity contribution in [1.82, 2.24) is 9.88 Å². The van der Waals surface area contributed by atoms with Crippen LogP contribution in [0, 0.1) is 0 Å². The van der Waals surface area contributed by atoms with Crippen molar-refractivity contribution >= 4 is 17.4 Å². The summed E-state index contributed by atoms with van der Waals surface area (Å²) in [5.74, 6) is 0.482. The van der Waals surface area contributed by atoms with Crippen LogP contribution in [0.25, 0.3) is 0 Å². The quantitative estimate of drug-likeness (QED) is 0.891. The van der Waals surface area contributed by atoms with Gasteiger partial charge < -0.3 is 11.5 Å². The van der Waals surface area contributed by atoms with Crippen LogP contribution < -0.4 is 11.5 Å². The minimum absolute atomic E-state index is 0.100. The van der Waals surface area contributed by atoms with Crippen molar-refractivity contribution in [2.75, 3.05) is 18.8 Å². The number of anilines is 1. The molecule has 0 aliphatic carbocycles. The third-order valence-electron chi connectivity index (χ3n) is 4.47. The van der Waals surface area contributed by atoms with Crippen molar-refractivity contribution in [2.45, 2.75) is 44.7 Å². The molecule has 2 unspecified atom stereocenters. The van der Waals surface area contributed by atoms with Crippen molar-refractivity contribution < 1.29 is 0 Å². The Kier molecular flexibility index (Phi) is 4.33. The number of nitrogen functional groups attached to an aromatic ring is 1. The molecule has 5 heteroatoms. The molecule has 2 rings (SSSR count). The minimum atomic E-state index is -0.179. The molecule has 1 aromatic rings. The second-order valence-corrected chi connectivity index (χ2v) is 5.95. The maximum absolute atomic E-state index is 6.51. The van der Waals surface area contributed by atoms with Crippen molar-refractivity contribution in [3.05, 3.63) is 22.8 Å². The summed E-state index contributed by atoms with van der Waals surface area (Å²) in [5.41, 5.74) is 13.2. The van der Waals surface area contributed by atoms with E-state index >= 15 is 0 Å². The summed E-state index contributed by atoms with van der Waals surface area (Å²) in [7, 11) is 0. The molecular weight excluding hydrogens is 260 g/mol. The van der Waals surface area contributed by atoms with Gasteiger partial charge in [0.15, 0.2) is 0 Å². The number of nitrogens with two attached hydrogens (primary N) is 2. The van der Waals surface area contributed by atoms with E-state index in [1.54, 1.807) is 6.20 Å². The van der Waals surface area contributed by atoms with Crippen LogP contribution in [0.2, 0.25) is 5.02 Å². The average molecular weight is 283 g/mol. The number of pyridine rings is 1. The van der Waals surface area contributed by atoms with Gasteiger partial charge in [-0.25, -0.2) is 4.98 Å². The molecule has 1 aliphatic rings. The summed E-state index contributed by atoms with van der Waals surface area (Å²) in [6.07, 6.45) is 5.02. The standard InChI is InChI=1S/C14H23ClN4/c1-3-14(2,19-6-4-5-7-19)12(16)11-8-10(15)9-18-13(11)17/h8-9,12H,3-7,16H2,1-2H3,(H2,17,18). The van der Waals surface area contributed by atoms with E-state index in [4.69, 9.17) is 23.1 Å². The highest BCUT2D eigenvalue weighted by Crippen LogP contribution is 2.37. The van der Waals surface area contributed by atoms with Gasteiger partial charge >= 0.3 is 0 Å². The van der Waals surface area contributed by atoms with Crippen LogP contribution in [0.5, 0.6) is 0 Å². The van der Waals surface area contributed by atoms with Gasteiger partial charge in [-0.1, -0.05) is 18.5 Å². The Hall–Kier alpha value is -0.840. The Morgan fingerprint density at radius 1 is 1.47 bits per heavy atom. The Morgan fingerprint density at radius 2 is 2.11 bits per heavy atom. The highest BCUT2D eigenvalue weighted by atomic mass is 35.5. The highest BCUT2D eigenvalue weighted by molar-refractivity contribution is 6.30. The summed E-state index contributed by atoms with van der Waals surface area (Å²) in [4.78, 5) is 6.59. The lowest BCUT2D eigenvalue weighted by Gasteiger charge is -2.43. The third kappa shape index (κ3) is 2.71. The van der Waals surface area contributed by atoms with Gasteiger partial charge in [-0.3, -0.25) is 4.90 Å². The summed E-state index contributed by atoms with van der Waals surface area (Å²) >= 11 is 6.03. The van der Waals surface area contributed by atoms with Gasteiger partial charge in [0.2, 0.25) is 0 Å². The number of halogens is 1. The van der Waals surface area contributed by atoms with Gasteiger partial charge in [-0.05, 0) is 45.3 Å². The smallest absolute Gasteiger partial charge is 0.128 e. The van der Waals surface area contributed by atoms with Gasteiger partial charge in [0.25, 0.3) is 0 Å². The number of hydrogen-bond acceptors (Lipinski definition) is 4. The number of nitrogens with zero attached hydrogens (tertiary/aromatic N) is 2. The predicted octanol–water partition coefficient (Wildman–Crippen LogP) is 2.58. The van der Waals surface area contributed by atoms with E-state index in [9.17, 15) is 0 Å². The average Bonchev–Trinajstić information content (AvgIpc) is 2.94. The van der Waals surface area contributed by atoms with Crippen molar-refractivity contribution in [3.63, 3.8) is 0 Å². The second-order valence-electron chi connectivity index (χ2n) is 5.51. The molecule has 1 saturated heterocycles. The van der Waals surface area contributed by atoms with Crippen molar-refractivity contribution in [2.24, 2.45) is 5.73 Å². The van der Waals surface area contributed by atoms with E-state index < -0.39 is 0 Å². The zero-order chi connectivity index (χ0) is 14.0. The lowest BCUT2D eigenvalue weighted by atomic mass is 9.84. The van der Waals surface area contributed by atoms with E-state index in [1.807, 2.05) is 6.07 Å². The number of aromatic nitrogens is 1. The Morgan fingerprint density at radius 3 is 2.68 bits per heavy atom. The van der Waals surface area contributed by atoms with E-state index in [1.165, 1.54) is 12.8 Å². The fraction of sp³-hybridized carbons (Fsp3) is 0.643. The van der Waals surface area contributed by atoms with Gasteiger partial charge in [-0.15, -0.1) is 0 Å². The first-order chi connectivity index (χ1) is 8.99. The molecule has 0 spiro atoms. The lowest BCUT2D eigenvalue weighted by Crippen LogP contribution is -2.52. The number of hydrogen-bond donors (Lipinski definition) is 2. The first kappa shape index (κ1) is 14.6. The molecular formula is C14H23ClN4. The predicted molar refractivity (Wildman–Crippen MR) is 80.1 cm³/mol. The Bertz CT molecular complexity index is 445. The van der Waals surface area contributed by atoms with Gasteiger partial charge in [0, 0.05) is 17.3 Å². The minimum Gasteiger partial charge on any atom is -0.383 e. The molecule has 0 amide bonds. The molecule has 1 aromatic heterocycles. The van der Waals surface area contributed by atoms with Gasteiger partial charge in [0.1, 0.15) is 5.82 Å². The van der Waals surface area contributed by atoms with Crippen molar-refractivity contribution in [1.29, 1.82) is 0 Å². The van der Waals surface area contributed by atoms with Crippen molar-refractivity contribution in [3.8, 4) is 0 Å². The SMILES string of the molecule is CCC(C)(C(N)c1cc(Cl)cnc1N)N1CCCC1. The van der Waals surface area contributed by atoms with E-state index in [0.29, 0.717) is 10.8 Å². The molecule has 0 radical (unpaired) electrons. The molecule has 2 atom stereocenters. The summed E-state index contributed by atoms with van der Waals surface area (Å²) in [6, 6.07) is 1.67. The van der Waals surface area contributed by atoms with Crippen LogP contribution in [-0.4, -0.2) is 28.5 Å². The topological polar surface area (TPSA) is 68.2 Å². The fourth-order valence-corrected chi connectivity index (χ4v) is 3.08. The first-order valence-electron chi connectivity index (χ1n) is 6.90. The molecule has 0 aromatic carbocycles. The molecule has 1 fully saturated rings. The molecule has 0 bridgehead atoms. The van der Waals surface area contributed by atoms with Gasteiger partial charge in [-0.2, -0.15) is 0 Å². The van der Waals surface area contributed by atoms with E-state index in [0.717, 1.165) is 25.1 Å². The molecule has 0 saturated carbocycles. The molecule has 1 aliphatic heterocycles.